The summed E-state index contributed by atoms with van der Waals surface area (Å²) in [7, 11) is -9.86. The van der Waals surface area contributed by atoms with Crippen molar-refractivity contribution in [3.05, 3.63) is 0 Å². The van der Waals surface area contributed by atoms with E-state index in [1.165, 1.54) is 0 Å². The minimum atomic E-state index is -4.93. The third-order valence-corrected chi connectivity index (χ3v) is 5.50. The highest BCUT2D eigenvalue weighted by Gasteiger charge is 2.35. The van der Waals surface area contributed by atoms with Crippen LogP contribution in [0.1, 0.15) is 12.8 Å². The normalized spacial score (nSPS) is 17.4. The van der Waals surface area contributed by atoms with Crippen LogP contribution in [0.3, 0.4) is 0 Å². The van der Waals surface area contributed by atoms with Crippen LogP contribution in [0, 0.1) is 0 Å². The molecular formula is C10H18NO12S2. The fraction of sp³-hybridized carbons (Fsp3) is 0.800. The molecule has 0 heterocycles. The lowest BCUT2D eigenvalue weighted by Gasteiger charge is -2.21. The van der Waals surface area contributed by atoms with Gasteiger partial charge in [0.15, 0.2) is 0 Å². The minimum Gasteiger partial charge on any atom is -0.481 e. The molecule has 0 aliphatic rings. The Balaban J connectivity index is 4.85. The molecule has 0 spiro atoms. The van der Waals surface area contributed by atoms with Gasteiger partial charge in [-0.25, -0.2) is 5.32 Å². The maximum atomic E-state index is 11.0. The van der Waals surface area contributed by atoms with Crippen LogP contribution < -0.4 is 5.32 Å². The Morgan fingerprint density at radius 2 is 1.04 bits per heavy atom. The molecule has 4 atom stereocenters. The van der Waals surface area contributed by atoms with E-state index in [0.717, 1.165) is 0 Å². The Morgan fingerprint density at radius 1 is 0.760 bits per heavy atom. The maximum Gasteiger partial charge on any atom is 0.304 e. The van der Waals surface area contributed by atoms with Crippen LogP contribution in [0.15, 0.2) is 0 Å². The molecule has 0 aliphatic heterocycles. The van der Waals surface area contributed by atoms with E-state index in [-0.39, 0.29) is 0 Å². The first-order valence-electron chi connectivity index (χ1n) is 6.51. The second-order valence-electron chi connectivity index (χ2n) is 5.03. The first kappa shape index (κ1) is 23.6. The molecular weight excluding hydrogens is 390 g/mol. The number of aliphatic hydroxyl groups is 2. The topological polar surface area (TPSA) is 238 Å². The third-order valence-electron chi connectivity index (χ3n) is 3.01. The number of carboxylic acids is 2. The summed E-state index contributed by atoms with van der Waals surface area (Å²) in [5.74, 6) is -3.26. The van der Waals surface area contributed by atoms with Crippen LogP contribution in [0.2, 0.25) is 0 Å². The van der Waals surface area contributed by atoms with Gasteiger partial charge < -0.3 is 20.4 Å². The van der Waals surface area contributed by atoms with Crippen molar-refractivity contribution in [1.82, 2.24) is 5.32 Å². The van der Waals surface area contributed by atoms with Crippen LogP contribution >= 0.6 is 0 Å². The van der Waals surface area contributed by atoms with E-state index in [1.54, 1.807) is 0 Å². The van der Waals surface area contributed by atoms with Crippen LogP contribution in [0.5, 0.6) is 0 Å². The van der Waals surface area contributed by atoms with Gasteiger partial charge in [-0.05, 0) is 0 Å². The summed E-state index contributed by atoms with van der Waals surface area (Å²) in [5.41, 5.74) is 0. The predicted molar refractivity (Wildman–Crippen MR) is 79.1 cm³/mol. The highest BCUT2D eigenvalue weighted by atomic mass is 32.2. The summed E-state index contributed by atoms with van der Waals surface area (Å²) in [4.78, 5) is 21.1. The minimum absolute atomic E-state index is 0.805. The molecule has 0 aromatic carbocycles. The van der Waals surface area contributed by atoms with Crippen molar-refractivity contribution in [2.45, 2.75) is 35.5 Å². The van der Waals surface area contributed by atoms with Crippen LogP contribution in [0.4, 0.5) is 0 Å². The molecule has 0 aromatic rings. The van der Waals surface area contributed by atoms with Gasteiger partial charge >= 0.3 is 11.9 Å². The average Bonchev–Trinajstić information content (AvgIpc) is 2.39. The molecule has 1 radical (unpaired) electrons. The van der Waals surface area contributed by atoms with E-state index < -0.39 is 80.8 Å². The zero-order valence-corrected chi connectivity index (χ0v) is 14.2. The molecule has 0 rings (SSSR count). The average molecular weight is 408 g/mol. The predicted octanol–water partition coefficient (Wildman–Crippen LogP) is -3.23. The highest BCUT2D eigenvalue weighted by molar-refractivity contribution is 7.86. The zero-order chi connectivity index (χ0) is 20.0. The summed E-state index contributed by atoms with van der Waals surface area (Å²) in [6, 6.07) is 0. The van der Waals surface area contributed by atoms with Gasteiger partial charge in [-0.15, -0.1) is 0 Å². The third kappa shape index (κ3) is 9.05. The fourth-order valence-corrected chi connectivity index (χ4v) is 3.47. The van der Waals surface area contributed by atoms with Crippen molar-refractivity contribution >= 4 is 32.2 Å². The highest BCUT2D eigenvalue weighted by Crippen LogP contribution is 2.12. The number of aliphatic hydroxyl groups excluding tert-OH is 2. The number of carboxylic acid groups (broad SMARTS) is 2. The summed E-state index contributed by atoms with van der Waals surface area (Å²) < 4.78 is 61.9. The number of hydrogen-bond acceptors (Lipinski definition) is 8. The first-order chi connectivity index (χ1) is 11.2. The molecule has 0 fully saturated rings. The van der Waals surface area contributed by atoms with E-state index in [1.807, 2.05) is 0 Å². The monoisotopic (exact) mass is 408 g/mol. The molecule has 0 amide bonds. The number of aliphatic carboxylic acids is 2. The van der Waals surface area contributed by atoms with Gasteiger partial charge in [0.25, 0.3) is 20.2 Å². The molecule has 25 heavy (non-hydrogen) atoms. The van der Waals surface area contributed by atoms with Crippen LogP contribution in [-0.4, -0.2) is 94.1 Å². The van der Waals surface area contributed by atoms with Gasteiger partial charge in [0, 0.05) is 13.1 Å². The molecule has 4 unspecified atom stereocenters. The van der Waals surface area contributed by atoms with E-state index >= 15 is 0 Å². The Morgan fingerprint density at radius 3 is 1.24 bits per heavy atom. The maximum absolute atomic E-state index is 11.0. The molecule has 147 valence electrons. The van der Waals surface area contributed by atoms with Crippen LogP contribution in [0.25, 0.3) is 0 Å². The Bertz CT molecular complexity index is 614. The van der Waals surface area contributed by atoms with Crippen LogP contribution in [-0.2, 0) is 29.8 Å². The molecule has 0 saturated carbocycles. The van der Waals surface area contributed by atoms with Crippen molar-refractivity contribution in [3.63, 3.8) is 0 Å². The van der Waals surface area contributed by atoms with E-state index in [2.05, 4.69) is 5.32 Å². The summed E-state index contributed by atoms with van der Waals surface area (Å²) in [6.45, 7) is -1.61. The summed E-state index contributed by atoms with van der Waals surface area (Å²) in [6.07, 6.45) is -6.24. The standard InChI is InChI=1S/C10H18NO12S2/c12-5(7(1-9(14)15)24(18,19)20)3-11-4-6(13)8(2-10(16)17)25(21,22)23/h5-8,12-13H,1-4H2,(H,14,15)(H,16,17)(H,18,19,20)(H,21,22,23). The first-order valence-corrected chi connectivity index (χ1v) is 9.52. The molecule has 6 N–H and O–H groups in total. The van der Waals surface area contributed by atoms with E-state index in [9.17, 15) is 36.6 Å². The second kappa shape index (κ2) is 9.37. The lowest BCUT2D eigenvalue weighted by atomic mass is 10.1. The van der Waals surface area contributed by atoms with Gasteiger partial charge in [-0.2, -0.15) is 16.8 Å². The zero-order valence-electron chi connectivity index (χ0n) is 12.5. The van der Waals surface area contributed by atoms with Crippen molar-refractivity contribution < 1.29 is 56.0 Å². The summed E-state index contributed by atoms with van der Waals surface area (Å²) in [5, 5.41) is 35.5. The molecule has 0 bridgehead atoms. The van der Waals surface area contributed by atoms with E-state index in [4.69, 9.17) is 19.3 Å². The second-order valence-corrected chi connectivity index (χ2v) is 8.30. The van der Waals surface area contributed by atoms with Gasteiger partial charge in [0.2, 0.25) is 0 Å². The van der Waals surface area contributed by atoms with Crippen molar-refractivity contribution in [1.29, 1.82) is 0 Å². The van der Waals surface area contributed by atoms with Gasteiger partial charge in [0.05, 0.1) is 25.0 Å². The van der Waals surface area contributed by atoms with Gasteiger partial charge in [-0.1, -0.05) is 0 Å². The van der Waals surface area contributed by atoms with Crippen molar-refractivity contribution in [2.24, 2.45) is 0 Å². The molecule has 0 saturated heterocycles. The molecule has 13 nitrogen and oxygen atoms in total. The lowest BCUT2D eigenvalue weighted by Crippen LogP contribution is -2.44. The molecule has 0 aromatic heterocycles. The number of rotatable bonds is 12. The Labute approximate surface area is 142 Å². The van der Waals surface area contributed by atoms with Gasteiger partial charge in [-0.3, -0.25) is 18.7 Å². The molecule has 0 aliphatic carbocycles. The van der Waals surface area contributed by atoms with Crippen molar-refractivity contribution in [2.75, 3.05) is 13.1 Å². The smallest absolute Gasteiger partial charge is 0.304 e. The van der Waals surface area contributed by atoms with E-state index in [0.29, 0.717) is 0 Å². The number of nitrogens with zero attached hydrogens (tertiary/aromatic N) is 1. The summed E-state index contributed by atoms with van der Waals surface area (Å²) >= 11 is 0. The Kier molecular flexibility index (Phi) is 8.86. The largest absolute Gasteiger partial charge is 0.481 e. The fourth-order valence-electron chi connectivity index (χ4n) is 1.80. The molecule has 15 heteroatoms. The number of carbonyl (C=O) groups is 2. The Hall–Kier alpha value is -1.36. The SMILES string of the molecule is O=C(O)CC(C(O)C[N]CC(O)C(CC(=O)O)S(=O)(=O)O)S(=O)(=O)O. The number of hydrogen-bond donors (Lipinski definition) is 6. The quantitative estimate of drug-likeness (QED) is 0.175. The van der Waals surface area contributed by atoms with Crippen molar-refractivity contribution in [3.8, 4) is 0 Å². The lowest BCUT2D eigenvalue weighted by molar-refractivity contribution is -0.138. The van der Waals surface area contributed by atoms with Gasteiger partial charge in [0.1, 0.15) is 10.5 Å².